The number of hydrogen-bond acceptors (Lipinski definition) is 5. The lowest BCUT2D eigenvalue weighted by atomic mass is 10.0. The number of aliphatic hydroxyl groups is 1. The van der Waals surface area contributed by atoms with Gasteiger partial charge in [0.25, 0.3) is 0 Å². The number of ether oxygens (including phenoxy) is 1. The maximum Gasteiger partial charge on any atom is 0.341 e. The summed E-state index contributed by atoms with van der Waals surface area (Å²) < 4.78 is 20.5. The van der Waals surface area contributed by atoms with E-state index in [4.69, 9.17) is 16.3 Å². The molecule has 0 saturated heterocycles. The fourth-order valence-corrected chi connectivity index (χ4v) is 3.49. The molecule has 3 rings (SSSR count). The molecule has 0 fully saturated rings. The van der Waals surface area contributed by atoms with Gasteiger partial charge in [0.1, 0.15) is 17.0 Å². The van der Waals surface area contributed by atoms with Crippen molar-refractivity contribution in [2.75, 3.05) is 13.7 Å². The number of hydrogen-bond donors (Lipinski definition) is 2. The molecule has 0 amide bonds. The number of benzene rings is 1. The zero-order valence-electron chi connectivity index (χ0n) is 16.5. The Morgan fingerprint density at radius 1 is 1.33 bits per heavy atom. The summed E-state index contributed by atoms with van der Waals surface area (Å²) >= 11 is 5.89. The molecule has 3 aromatic rings. The van der Waals surface area contributed by atoms with Crippen LogP contribution in [0.15, 0.2) is 35.3 Å². The molecule has 1 aromatic carbocycles. The van der Waals surface area contributed by atoms with Gasteiger partial charge in [-0.2, -0.15) is 4.98 Å². The first-order valence-corrected chi connectivity index (χ1v) is 9.50. The Labute approximate surface area is 176 Å². The third-order valence-electron chi connectivity index (χ3n) is 4.94. The van der Waals surface area contributed by atoms with Crippen molar-refractivity contribution >= 4 is 28.6 Å². The second kappa shape index (κ2) is 8.41. The molecule has 158 valence electrons. The van der Waals surface area contributed by atoms with Crippen LogP contribution in [0.4, 0.5) is 4.39 Å². The number of pyridine rings is 2. The predicted octanol–water partition coefficient (Wildman–Crippen LogP) is 3.75. The molecule has 30 heavy (non-hydrogen) atoms. The monoisotopic (exact) mass is 434 g/mol. The minimum absolute atomic E-state index is 0.0326. The molecule has 0 aliphatic carbocycles. The summed E-state index contributed by atoms with van der Waals surface area (Å²) in [5.41, 5.74) is -0.202. The second-order valence-electron chi connectivity index (χ2n) is 7.12. The van der Waals surface area contributed by atoms with Crippen LogP contribution < -0.4 is 10.2 Å². The summed E-state index contributed by atoms with van der Waals surface area (Å²) in [6.45, 7) is 3.43. The number of rotatable bonds is 6. The third-order valence-corrected chi connectivity index (χ3v) is 5.23. The van der Waals surface area contributed by atoms with Crippen LogP contribution in [-0.2, 0) is 0 Å². The summed E-state index contributed by atoms with van der Waals surface area (Å²) in [6.07, 6.45) is 1.19. The van der Waals surface area contributed by atoms with E-state index in [0.717, 1.165) is 0 Å². The standard InChI is InChI=1S/C21H20ClFN2O5/c1-10(2)17(9-26)25-8-14(21(28)29)18(27)13-7-12(20(30-3)24-19(13)25)11-4-5-16(23)15(22)6-11/h4-8,10,17,26H,9H2,1-3H3,(H,28,29). The van der Waals surface area contributed by atoms with Crippen LogP contribution in [0.5, 0.6) is 5.88 Å². The Hall–Kier alpha value is -2.97. The highest BCUT2D eigenvalue weighted by molar-refractivity contribution is 6.31. The number of carboxylic acids is 1. The number of carbonyl (C=O) groups is 1. The summed E-state index contributed by atoms with van der Waals surface area (Å²) in [4.78, 5) is 29.0. The number of aromatic nitrogens is 2. The highest BCUT2D eigenvalue weighted by atomic mass is 35.5. The number of halogens is 2. The lowest BCUT2D eigenvalue weighted by Crippen LogP contribution is -2.26. The molecule has 7 nitrogen and oxygen atoms in total. The molecule has 0 spiro atoms. The SMILES string of the molecule is COc1nc2c(cc1-c1ccc(F)c(Cl)c1)c(=O)c(C(=O)O)cn2C(CO)C(C)C. The van der Waals surface area contributed by atoms with Gasteiger partial charge in [-0.1, -0.05) is 31.5 Å². The van der Waals surface area contributed by atoms with Gasteiger partial charge in [-0.05, 0) is 29.7 Å². The number of aromatic carboxylic acids is 1. The highest BCUT2D eigenvalue weighted by Crippen LogP contribution is 2.34. The quantitative estimate of drug-likeness (QED) is 0.612. The second-order valence-corrected chi connectivity index (χ2v) is 7.53. The first-order valence-electron chi connectivity index (χ1n) is 9.13. The van der Waals surface area contributed by atoms with E-state index in [1.807, 2.05) is 13.8 Å². The summed E-state index contributed by atoms with van der Waals surface area (Å²) in [6, 6.07) is 4.93. The minimum atomic E-state index is -1.39. The van der Waals surface area contributed by atoms with Crippen molar-refractivity contribution in [2.24, 2.45) is 5.92 Å². The van der Waals surface area contributed by atoms with E-state index in [2.05, 4.69) is 4.98 Å². The molecular formula is C21H20ClFN2O5. The van der Waals surface area contributed by atoms with Crippen molar-refractivity contribution in [3.05, 3.63) is 57.1 Å². The minimum Gasteiger partial charge on any atom is -0.480 e. The maximum absolute atomic E-state index is 13.6. The topological polar surface area (TPSA) is 102 Å². The van der Waals surface area contributed by atoms with E-state index in [1.165, 1.54) is 42.1 Å². The number of carboxylic acid groups (broad SMARTS) is 1. The molecule has 9 heteroatoms. The molecule has 2 aromatic heterocycles. The van der Waals surface area contributed by atoms with Crippen molar-refractivity contribution in [2.45, 2.75) is 19.9 Å². The largest absolute Gasteiger partial charge is 0.480 e. The van der Waals surface area contributed by atoms with E-state index in [1.54, 1.807) is 0 Å². The molecule has 2 N–H and O–H groups in total. The van der Waals surface area contributed by atoms with E-state index >= 15 is 0 Å². The normalized spacial score (nSPS) is 12.4. The number of nitrogens with zero attached hydrogens (tertiary/aromatic N) is 2. The van der Waals surface area contributed by atoms with Gasteiger partial charge in [0.05, 0.1) is 30.2 Å². The molecule has 0 saturated carbocycles. The molecule has 1 atom stereocenters. The third kappa shape index (κ3) is 3.76. The van der Waals surface area contributed by atoms with Gasteiger partial charge < -0.3 is 19.5 Å². The van der Waals surface area contributed by atoms with Crippen LogP contribution >= 0.6 is 11.6 Å². The Morgan fingerprint density at radius 2 is 2.03 bits per heavy atom. The molecular weight excluding hydrogens is 415 g/mol. The smallest absolute Gasteiger partial charge is 0.341 e. The molecule has 0 aliphatic heterocycles. The Bertz CT molecular complexity index is 1190. The summed E-state index contributed by atoms with van der Waals surface area (Å²) in [5.74, 6) is -1.93. The average Bonchev–Trinajstić information content (AvgIpc) is 2.70. The highest BCUT2D eigenvalue weighted by Gasteiger charge is 2.24. The van der Waals surface area contributed by atoms with Gasteiger partial charge in [-0.25, -0.2) is 9.18 Å². The first-order chi connectivity index (χ1) is 14.2. The molecule has 0 aliphatic rings. The molecule has 2 heterocycles. The zero-order chi connectivity index (χ0) is 22.2. The maximum atomic E-state index is 13.6. The van der Waals surface area contributed by atoms with Crippen LogP contribution in [0.25, 0.3) is 22.2 Å². The van der Waals surface area contributed by atoms with Crippen LogP contribution in [0.2, 0.25) is 5.02 Å². The van der Waals surface area contributed by atoms with Crippen molar-refractivity contribution in [3.8, 4) is 17.0 Å². The number of aliphatic hydroxyl groups excluding tert-OH is 1. The van der Waals surface area contributed by atoms with Gasteiger partial charge in [-0.15, -0.1) is 0 Å². The number of fused-ring (bicyclic) bond motifs is 1. The fourth-order valence-electron chi connectivity index (χ4n) is 3.31. The van der Waals surface area contributed by atoms with Gasteiger partial charge in [0.15, 0.2) is 0 Å². The first kappa shape index (κ1) is 21.7. The van der Waals surface area contributed by atoms with Crippen molar-refractivity contribution < 1.29 is 24.1 Å². The Kier molecular flexibility index (Phi) is 6.09. The summed E-state index contributed by atoms with van der Waals surface area (Å²) in [5, 5.41) is 19.3. The summed E-state index contributed by atoms with van der Waals surface area (Å²) in [7, 11) is 1.39. The van der Waals surface area contributed by atoms with Gasteiger partial charge in [0, 0.05) is 11.8 Å². The lowest BCUT2D eigenvalue weighted by molar-refractivity contribution is 0.0694. The van der Waals surface area contributed by atoms with E-state index in [0.29, 0.717) is 11.1 Å². The van der Waals surface area contributed by atoms with Crippen LogP contribution in [0.3, 0.4) is 0 Å². The molecule has 0 bridgehead atoms. The van der Waals surface area contributed by atoms with E-state index < -0.39 is 28.8 Å². The van der Waals surface area contributed by atoms with E-state index in [9.17, 15) is 24.2 Å². The molecule has 0 radical (unpaired) electrons. The predicted molar refractivity (Wildman–Crippen MR) is 111 cm³/mol. The van der Waals surface area contributed by atoms with Crippen molar-refractivity contribution in [1.82, 2.24) is 9.55 Å². The van der Waals surface area contributed by atoms with Gasteiger partial charge in [0.2, 0.25) is 11.3 Å². The number of methoxy groups -OCH3 is 1. The Balaban J connectivity index is 2.43. The Morgan fingerprint density at radius 3 is 2.57 bits per heavy atom. The van der Waals surface area contributed by atoms with E-state index in [-0.39, 0.29) is 34.5 Å². The lowest BCUT2D eigenvalue weighted by Gasteiger charge is -2.24. The molecule has 1 unspecified atom stereocenters. The van der Waals surface area contributed by atoms with Crippen LogP contribution in [0.1, 0.15) is 30.2 Å². The van der Waals surface area contributed by atoms with Crippen molar-refractivity contribution in [1.29, 1.82) is 0 Å². The van der Waals surface area contributed by atoms with Crippen molar-refractivity contribution in [3.63, 3.8) is 0 Å². The fraction of sp³-hybridized carbons (Fsp3) is 0.286. The van der Waals surface area contributed by atoms with Crippen LogP contribution in [-0.4, -0.2) is 39.5 Å². The van der Waals surface area contributed by atoms with Gasteiger partial charge in [-0.3, -0.25) is 4.79 Å². The van der Waals surface area contributed by atoms with Gasteiger partial charge >= 0.3 is 5.97 Å². The zero-order valence-corrected chi connectivity index (χ0v) is 17.3. The average molecular weight is 435 g/mol. The van der Waals surface area contributed by atoms with Crippen LogP contribution in [0, 0.1) is 11.7 Å².